The van der Waals surface area contributed by atoms with E-state index in [1.165, 1.54) is 0 Å². The third-order valence-corrected chi connectivity index (χ3v) is 1.18. The molecule has 0 saturated carbocycles. The third kappa shape index (κ3) is 2.70. The van der Waals surface area contributed by atoms with Crippen LogP contribution in [0.4, 0.5) is 0 Å². The van der Waals surface area contributed by atoms with Crippen molar-refractivity contribution in [3.05, 3.63) is 18.2 Å². The molecule has 0 atom stereocenters. The average molecular weight is 154 g/mol. The molecule has 0 aliphatic carbocycles. The summed E-state index contributed by atoms with van der Waals surface area (Å²) in [5.41, 5.74) is 5.95. The molecule has 1 aromatic rings. The molecule has 5 heteroatoms. The Morgan fingerprint density at radius 3 is 3.18 bits per heavy atom. The number of hydrogen-bond donors (Lipinski definition) is 3. The number of ether oxygens (including phenoxy) is 1. The van der Waals surface area contributed by atoms with Crippen LogP contribution in [0.2, 0.25) is 0 Å². The maximum absolute atomic E-state index is 6.75. The van der Waals surface area contributed by atoms with Gasteiger partial charge in [0.25, 0.3) is 6.02 Å². The molecule has 0 amide bonds. The van der Waals surface area contributed by atoms with Gasteiger partial charge in [0.15, 0.2) is 0 Å². The lowest BCUT2D eigenvalue weighted by Crippen LogP contribution is -2.15. The van der Waals surface area contributed by atoms with Gasteiger partial charge < -0.3 is 15.5 Å². The van der Waals surface area contributed by atoms with Crippen LogP contribution in [0, 0.1) is 5.41 Å². The van der Waals surface area contributed by atoms with Crippen molar-refractivity contribution in [1.82, 2.24) is 9.97 Å². The van der Waals surface area contributed by atoms with E-state index in [0.29, 0.717) is 13.0 Å². The van der Waals surface area contributed by atoms with Crippen molar-refractivity contribution in [2.24, 2.45) is 5.73 Å². The maximum atomic E-state index is 6.75. The Labute approximate surface area is 64.1 Å². The zero-order valence-corrected chi connectivity index (χ0v) is 6.00. The number of amidine groups is 1. The van der Waals surface area contributed by atoms with Crippen LogP contribution in [0.5, 0.6) is 0 Å². The standard InChI is InChI=1S/C6H10N4O/c7-6(8)11-2-1-5-3-9-4-10-5/h3-4H,1-2H2,(H3,7,8)(H,9,10). The smallest absolute Gasteiger partial charge is 0.279 e. The van der Waals surface area contributed by atoms with Gasteiger partial charge in [0.05, 0.1) is 12.9 Å². The highest BCUT2D eigenvalue weighted by atomic mass is 16.5. The maximum Gasteiger partial charge on any atom is 0.279 e. The lowest BCUT2D eigenvalue weighted by Gasteiger charge is -1.99. The quantitative estimate of drug-likeness (QED) is 0.418. The molecule has 0 spiro atoms. The third-order valence-electron chi connectivity index (χ3n) is 1.18. The van der Waals surface area contributed by atoms with Crippen LogP contribution < -0.4 is 5.73 Å². The zero-order valence-electron chi connectivity index (χ0n) is 6.00. The second-order valence-corrected chi connectivity index (χ2v) is 2.04. The molecule has 1 heterocycles. The monoisotopic (exact) mass is 154 g/mol. The van der Waals surface area contributed by atoms with Crippen molar-refractivity contribution < 1.29 is 4.74 Å². The second kappa shape index (κ2) is 3.60. The number of nitrogens with two attached hydrogens (primary N) is 1. The average Bonchev–Trinajstić information content (AvgIpc) is 2.39. The normalized spacial score (nSPS) is 9.45. The number of nitrogens with zero attached hydrogens (tertiary/aromatic N) is 1. The number of aromatic amines is 1. The van der Waals surface area contributed by atoms with Crippen molar-refractivity contribution in [2.75, 3.05) is 6.61 Å². The highest BCUT2D eigenvalue weighted by molar-refractivity contribution is 5.67. The molecule has 0 saturated heterocycles. The van der Waals surface area contributed by atoms with Crippen LogP contribution in [0.15, 0.2) is 12.5 Å². The summed E-state index contributed by atoms with van der Waals surface area (Å²) in [5.74, 6) is 0. The molecule has 0 bridgehead atoms. The Morgan fingerprint density at radius 2 is 2.64 bits per heavy atom. The molecule has 60 valence electrons. The summed E-state index contributed by atoms with van der Waals surface area (Å²) in [6.45, 7) is 0.414. The molecular formula is C6H10N4O. The Kier molecular flexibility index (Phi) is 2.48. The molecule has 0 aromatic carbocycles. The molecule has 4 N–H and O–H groups in total. The molecule has 5 nitrogen and oxygen atoms in total. The minimum atomic E-state index is -0.246. The number of hydrogen-bond acceptors (Lipinski definition) is 3. The van der Waals surface area contributed by atoms with Gasteiger partial charge >= 0.3 is 0 Å². The second-order valence-electron chi connectivity index (χ2n) is 2.04. The van der Waals surface area contributed by atoms with Gasteiger partial charge in [-0.25, -0.2) is 4.98 Å². The van der Waals surface area contributed by atoms with Crippen molar-refractivity contribution in [1.29, 1.82) is 5.41 Å². The first-order chi connectivity index (χ1) is 5.29. The van der Waals surface area contributed by atoms with E-state index in [-0.39, 0.29) is 6.02 Å². The molecule has 11 heavy (non-hydrogen) atoms. The van der Waals surface area contributed by atoms with Crippen molar-refractivity contribution >= 4 is 6.02 Å². The predicted molar refractivity (Wildman–Crippen MR) is 40.2 cm³/mol. The molecule has 1 aromatic heterocycles. The number of nitrogens with one attached hydrogen (secondary N) is 2. The molecule has 0 fully saturated rings. The summed E-state index contributed by atoms with van der Waals surface area (Å²) in [7, 11) is 0. The van der Waals surface area contributed by atoms with Gasteiger partial charge in [-0.05, 0) is 0 Å². The SMILES string of the molecule is N=C(N)OCCc1cnc[nH]1. The van der Waals surface area contributed by atoms with Crippen LogP contribution in [0.3, 0.4) is 0 Å². The molecular weight excluding hydrogens is 144 g/mol. The van der Waals surface area contributed by atoms with Gasteiger partial charge in [-0.15, -0.1) is 0 Å². The van der Waals surface area contributed by atoms with Gasteiger partial charge in [0, 0.05) is 18.3 Å². The lowest BCUT2D eigenvalue weighted by molar-refractivity contribution is 0.300. The fourth-order valence-corrected chi connectivity index (χ4v) is 0.692. The van der Waals surface area contributed by atoms with Gasteiger partial charge in [-0.3, -0.25) is 5.41 Å². The van der Waals surface area contributed by atoms with E-state index in [2.05, 4.69) is 9.97 Å². The first-order valence-electron chi connectivity index (χ1n) is 3.23. The summed E-state index contributed by atoms with van der Waals surface area (Å²) < 4.78 is 4.73. The Balaban J connectivity index is 2.19. The van der Waals surface area contributed by atoms with E-state index >= 15 is 0 Å². The van der Waals surface area contributed by atoms with Crippen molar-refractivity contribution in [3.63, 3.8) is 0 Å². The summed E-state index contributed by atoms with van der Waals surface area (Å²) in [4.78, 5) is 6.73. The first kappa shape index (κ1) is 7.59. The Bertz CT molecular complexity index is 218. The summed E-state index contributed by atoms with van der Waals surface area (Å²) in [6.07, 6.45) is 4.01. The van der Waals surface area contributed by atoms with E-state index in [9.17, 15) is 0 Å². The summed E-state index contributed by atoms with van der Waals surface area (Å²) >= 11 is 0. The Morgan fingerprint density at radius 1 is 1.82 bits per heavy atom. The molecule has 0 radical (unpaired) electrons. The molecule has 0 aliphatic rings. The fraction of sp³-hybridized carbons (Fsp3) is 0.333. The van der Waals surface area contributed by atoms with Crippen LogP contribution in [0.25, 0.3) is 0 Å². The fourth-order valence-electron chi connectivity index (χ4n) is 0.692. The number of rotatable bonds is 3. The van der Waals surface area contributed by atoms with E-state index in [4.69, 9.17) is 15.9 Å². The number of aromatic nitrogens is 2. The van der Waals surface area contributed by atoms with Crippen molar-refractivity contribution in [3.8, 4) is 0 Å². The molecule has 0 unspecified atom stereocenters. The highest BCUT2D eigenvalue weighted by Crippen LogP contribution is 1.91. The van der Waals surface area contributed by atoms with E-state index < -0.39 is 0 Å². The topological polar surface area (TPSA) is 87.8 Å². The first-order valence-corrected chi connectivity index (χ1v) is 3.23. The minimum absolute atomic E-state index is 0.246. The van der Waals surface area contributed by atoms with Gasteiger partial charge in [-0.1, -0.05) is 0 Å². The molecule has 0 aliphatic heterocycles. The van der Waals surface area contributed by atoms with Crippen LogP contribution in [0.1, 0.15) is 5.69 Å². The van der Waals surface area contributed by atoms with Crippen LogP contribution in [-0.2, 0) is 11.2 Å². The van der Waals surface area contributed by atoms with Gasteiger partial charge in [0.1, 0.15) is 0 Å². The van der Waals surface area contributed by atoms with E-state index in [1.807, 2.05) is 0 Å². The highest BCUT2D eigenvalue weighted by Gasteiger charge is 1.93. The van der Waals surface area contributed by atoms with E-state index in [1.54, 1.807) is 12.5 Å². The predicted octanol–water partition coefficient (Wildman–Crippen LogP) is -0.138. The summed E-state index contributed by atoms with van der Waals surface area (Å²) in [6, 6.07) is -0.246. The van der Waals surface area contributed by atoms with E-state index in [0.717, 1.165) is 5.69 Å². The van der Waals surface area contributed by atoms with Crippen LogP contribution in [-0.4, -0.2) is 22.6 Å². The largest absolute Gasteiger partial charge is 0.465 e. The number of H-pyrrole nitrogens is 1. The lowest BCUT2D eigenvalue weighted by atomic mass is 10.3. The van der Waals surface area contributed by atoms with Gasteiger partial charge in [-0.2, -0.15) is 0 Å². The number of imidazole rings is 1. The zero-order chi connectivity index (χ0) is 8.10. The summed E-state index contributed by atoms with van der Waals surface area (Å²) in [5, 5.41) is 6.75. The molecule has 1 rings (SSSR count). The van der Waals surface area contributed by atoms with Gasteiger partial charge in [0.2, 0.25) is 0 Å². The van der Waals surface area contributed by atoms with Crippen molar-refractivity contribution in [2.45, 2.75) is 6.42 Å². The minimum Gasteiger partial charge on any atom is -0.465 e. The van der Waals surface area contributed by atoms with Crippen LogP contribution >= 0.6 is 0 Å². The Hall–Kier alpha value is -1.52.